The van der Waals surface area contributed by atoms with Crippen LogP contribution in [0.3, 0.4) is 0 Å². The molecule has 0 fully saturated rings. The fourth-order valence-corrected chi connectivity index (χ4v) is 4.27. The Balaban J connectivity index is 1.45. The number of rotatable bonds is 9. The number of aromatic nitrogens is 1. The zero-order chi connectivity index (χ0) is 19.1. The lowest BCUT2D eigenvalue weighted by Crippen LogP contribution is -2.29. The van der Waals surface area contributed by atoms with Crippen molar-refractivity contribution >= 4 is 44.4 Å². The Morgan fingerprint density at radius 1 is 1.22 bits per heavy atom. The number of nitrogens with one attached hydrogen (secondary N) is 2. The number of thiazole rings is 1. The van der Waals surface area contributed by atoms with Crippen molar-refractivity contribution in [3.63, 3.8) is 0 Å². The molecule has 1 amide bonds. The van der Waals surface area contributed by atoms with E-state index in [1.165, 1.54) is 53.6 Å². The van der Waals surface area contributed by atoms with Gasteiger partial charge in [-0.3, -0.25) is 15.6 Å². The van der Waals surface area contributed by atoms with Crippen molar-refractivity contribution < 1.29 is 9.18 Å². The Hall–Kier alpha value is -2.12. The van der Waals surface area contributed by atoms with Crippen LogP contribution in [-0.4, -0.2) is 16.6 Å². The van der Waals surface area contributed by atoms with Crippen molar-refractivity contribution in [2.45, 2.75) is 37.5 Å². The number of thioether (sulfide) groups is 1. The highest BCUT2D eigenvalue weighted by atomic mass is 32.2. The van der Waals surface area contributed by atoms with E-state index in [0.717, 1.165) is 21.5 Å². The molecule has 2 aromatic carbocycles. The number of hydrogen-bond acceptors (Lipinski definition) is 5. The van der Waals surface area contributed by atoms with Crippen LogP contribution in [0.25, 0.3) is 10.2 Å². The molecule has 0 saturated carbocycles. The van der Waals surface area contributed by atoms with Crippen LogP contribution in [-0.2, 0) is 11.2 Å². The number of fused-ring (bicyclic) bond motifs is 1. The summed E-state index contributed by atoms with van der Waals surface area (Å²) in [7, 11) is 0. The largest absolute Gasteiger partial charge is 0.273 e. The van der Waals surface area contributed by atoms with Gasteiger partial charge in [0.2, 0.25) is 11.0 Å². The average Bonchev–Trinajstić information content (AvgIpc) is 3.08. The van der Waals surface area contributed by atoms with Gasteiger partial charge in [-0.1, -0.05) is 30.7 Å². The number of hydrogen-bond donors (Lipinski definition) is 2. The zero-order valence-electron chi connectivity index (χ0n) is 15.1. The van der Waals surface area contributed by atoms with E-state index in [-0.39, 0.29) is 11.7 Å². The first kappa shape index (κ1) is 19.6. The SMILES string of the molecule is CCCCc1ccc2nc(NNC(=O)CCSc3ccc(F)cc3)sc2c1. The van der Waals surface area contributed by atoms with Crippen LogP contribution < -0.4 is 10.9 Å². The maximum atomic E-state index is 12.9. The number of carbonyl (C=O) groups excluding carboxylic acids is 1. The number of unbranched alkanes of at least 4 members (excludes halogenated alkanes) is 1. The first-order chi connectivity index (χ1) is 13.1. The van der Waals surface area contributed by atoms with E-state index < -0.39 is 0 Å². The molecule has 7 heteroatoms. The van der Waals surface area contributed by atoms with E-state index >= 15 is 0 Å². The third-order valence-electron chi connectivity index (χ3n) is 3.99. The highest BCUT2D eigenvalue weighted by Gasteiger charge is 2.07. The first-order valence-electron chi connectivity index (χ1n) is 8.96. The number of carbonyl (C=O) groups is 1. The maximum absolute atomic E-state index is 12.9. The molecule has 0 aliphatic carbocycles. The molecule has 0 aliphatic rings. The molecular formula is C20H22FN3OS2. The van der Waals surface area contributed by atoms with Gasteiger partial charge < -0.3 is 0 Å². The lowest BCUT2D eigenvalue weighted by atomic mass is 10.1. The molecule has 0 saturated heterocycles. The molecule has 1 aromatic heterocycles. The van der Waals surface area contributed by atoms with Crippen LogP contribution in [0, 0.1) is 5.82 Å². The second-order valence-electron chi connectivity index (χ2n) is 6.15. The zero-order valence-corrected chi connectivity index (χ0v) is 16.8. The average molecular weight is 404 g/mol. The molecule has 0 radical (unpaired) electrons. The molecular weight excluding hydrogens is 381 g/mol. The first-order valence-corrected chi connectivity index (χ1v) is 10.8. The summed E-state index contributed by atoms with van der Waals surface area (Å²) in [6.45, 7) is 2.19. The van der Waals surface area contributed by atoms with Gasteiger partial charge in [0.1, 0.15) is 5.82 Å². The van der Waals surface area contributed by atoms with Crippen molar-refractivity contribution in [2.75, 3.05) is 11.2 Å². The Bertz CT molecular complexity index is 896. The molecule has 142 valence electrons. The van der Waals surface area contributed by atoms with Gasteiger partial charge >= 0.3 is 0 Å². The van der Waals surface area contributed by atoms with Crippen LogP contribution in [0.1, 0.15) is 31.7 Å². The molecule has 0 aliphatic heterocycles. The van der Waals surface area contributed by atoms with Gasteiger partial charge in [0.15, 0.2) is 0 Å². The number of hydrazine groups is 1. The van der Waals surface area contributed by atoms with E-state index in [0.29, 0.717) is 17.3 Å². The van der Waals surface area contributed by atoms with E-state index in [9.17, 15) is 9.18 Å². The number of halogens is 1. The van der Waals surface area contributed by atoms with Gasteiger partial charge in [-0.2, -0.15) is 0 Å². The standard InChI is InChI=1S/C20H22FN3OS2/c1-2-3-4-14-5-10-17-18(13-14)27-20(22-17)24-23-19(25)11-12-26-16-8-6-15(21)7-9-16/h5-10,13H,2-4,11-12H2,1H3,(H,22,24)(H,23,25). The third-order valence-corrected chi connectivity index (χ3v) is 5.94. The highest BCUT2D eigenvalue weighted by molar-refractivity contribution is 7.99. The number of nitrogens with zero attached hydrogens (tertiary/aromatic N) is 1. The van der Waals surface area contributed by atoms with Gasteiger partial charge in [0.05, 0.1) is 10.2 Å². The minimum atomic E-state index is -0.255. The van der Waals surface area contributed by atoms with E-state index in [1.807, 2.05) is 6.07 Å². The Morgan fingerprint density at radius 3 is 2.81 bits per heavy atom. The van der Waals surface area contributed by atoms with Crippen molar-refractivity contribution in [3.05, 3.63) is 53.8 Å². The van der Waals surface area contributed by atoms with Crippen LogP contribution in [0.2, 0.25) is 0 Å². The molecule has 3 aromatic rings. The molecule has 0 bridgehead atoms. The lowest BCUT2D eigenvalue weighted by Gasteiger charge is -2.05. The summed E-state index contributed by atoms with van der Waals surface area (Å²) in [5.74, 6) is 0.266. The minimum Gasteiger partial charge on any atom is -0.273 e. The third kappa shape index (κ3) is 5.94. The molecule has 0 atom stereocenters. The number of anilines is 1. The van der Waals surface area contributed by atoms with Crippen LogP contribution in [0.15, 0.2) is 47.4 Å². The van der Waals surface area contributed by atoms with Gasteiger partial charge in [0.25, 0.3) is 0 Å². The predicted molar refractivity (Wildman–Crippen MR) is 112 cm³/mol. The summed E-state index contributed by atoms with van der Waals surface area (Å²) >= 11 is 3.05. The van der Waals surface area contributed by atoms with E-state index in [1.54, 1.807) is 12.1 Å². The van der Waals surface area contributed by atoms with E-state index in [2.05, 4.69) is 34.9 Å². The number of aryl methyl sites for hydroxylation is 1. The van der Waals surface area contributed by atoms with Gasteiger partial charge in [0, 0.05) is 17.1 Å². The quantitative estimate of drug-likeness (QED) is 0.371. The van der Waals surface area contributed by atoms with Crippen LogP contribution in [0.5, 0.6) is 0 Å². The molecule has 0 spiro atoms. The second-order valence-corrected chi connectivity index (χ2v) is 8.35. The Morgan fingerprint density at radius 2 is 2.04 bits per heavy atom. The molecule has 2 N–H and O–H groups in total. The smallest absolute Gasteiger partial charge is 0.239 e. The fraction of sp³-hybridized carbons (Fsp3) is 0.300. The monoisotopic (exact) mass is 403 g/mol. The van der Waals surface area contributed by atoms with Gasteiger partial charge in [-0.15, -0.1) is 11.8 Å². The number of benzene rings is 2. The molecule has 27 heavy (non-hydrogen) atoms. The topological polar surface area (TPSA) is 54.0 Å². The summed E-state index contributed by atoms with van der Waals surface area (Å²) < 4.78 is 14.0. The Kier molecular flexibility index (Phi) is 7.06. The number of amides is 1. The summed E-state index contributed by atoms with van der Waals surface area (Å²) in [4.78, 5) is 17.4. The summed E-state index contributed by atoms with van der Waals surface area (Å²) in [5, 5.41) is 0.678. The van der Waals surface area contributed by atoms with E-state index in [4.69, 9.17) is 0 Å². The molecule has 0 unspecified atom stereocenters. The predicted octanol–water partition coefficient (Wildman–Crippen LogP) is 5.40. The Labute approximate surface area is 166 Å². The maximum Gasteiger partial charge on any atom is 0.239 e. The highest BCUT2D eigenvalue weighted by Crippen LogP contribution is 2.27. The lowest BCUT2D eigenvalue weighted by molar-refractivity contribution is -0.120. The second kappa shape index (κ2) is 9.71. The van der Waals surface area contributed by atoms with Crippen LogP contribution in [0.4, 0.5) is 9.52 Å². The summed E-state index contributed by atoms with van der Waals surface area (Å²) in [5.41, 5.74) is 7.85. The molecule has 3 rings (SSSR count). The molecule has 1 heterocycles. The summed E-state index contributed by atoms with van der Waals surface area (Å²) in [6.07, 6.45) is 3.80. The minimum absolute atomic E-state index is 0.104. The van der Waals surface area contributed by atoms with Crippen molar-refractivity contribution in [1.82, 2.24) is 10.4 Å². The molecule has 4 nitrogen and oxygen atoms in total. The van der Waals surface area contributed by atoms with Crippen molar-refractivity contribution in [1.29, 1.82) is 0 Å². The summed E-state index contributed by atoms with van der Waals surface area (Å²) in [6, 6.07) is 12.6. The fourth-order valence-electron chi connectivity index (χ4n) is 2.54. The normalized spacial score (nSPS) is 10.9. The van der Waals surface area contributed by atoms with Gasteiger partial charge in [-0.25, -0.2) is 9.37 Å². The van der Waals surface area contributed by atoms with Gasteiger partial charge in [-0.05, 0) is 54.8 Å². The van der Waals surface area contributed by atoms with Crippen molar-refractivity contribution in [2.24, 2.45) is 0 Å². The van der Waals surface area contributed by atoms with Crippen molar-refractivity contribution in [3.8, 4) is 0 Å². The van der Waals surface area contributed by atoms with Crippen LogP contribution >= 0.6 is 23.1 Å².